The summed E-state index contributed by atoms with van der Waals surface area (Å²) in [6, 6.07) is 4.78. The molecule has 28 heavy (non-hydrogen) atoms. The predicted octanol–water partition coefficient (Wildman–Crippen LogP) is 1.01. The van der Waals surface area contributed by atoms with E-state index in [-0.39, 0.29) is 18.2 Å². The molecule has 1 fully saturated rings. The van der Waals surface area contributed by atoms with E-state index in [4.69, 9.17) is 4.74 Å². The number of benzene rings is 1. The second-order valence-corrected chi connectivity index (χ2v) is 7.06. The Labute approximate surface area is 160 Å². The number of rotatable bonds is 3. The van der Waals surface area contributed by atoms with E-state index < -0.39 is 11.9 Å². The van der Waals surface area contributed by atoms with Crippen LogP contribution in [0.2, 0.25) is 0 Å². The van der Waals surface area contributed by atoms with Crippen molar-refractivity contribution >= 4 is 29.4 Å². The zero-order valence-corrected chi connectivity index (χ0v) is 14.9. The van der Waals surface area contributed by atoms with Crippen LogP contribution in [0.25, 0.3) is 0 Å². The summed E-state index contributed by atoms with van der Waals surface area (Å²) in [5, 5.41) is 5.46. The summed E-state index contributed by atoms with van der Waals surface area (Å²) >= 11 is 0. The van der Waals surface area contributed by atoms with Gasteiger partial charge < -0.3 is 15.0 Å². The van der Waals surface area contributed by atoms with Crippen molar-refractivity contribution in [2.24, 2.45) is 0 Å². The van der Waals surface area contributed by atoms with Crippen LogP contribution in [0.3, 0.4) is 0 Å². The van der Waals surface area contributed by atoms with E-state index in [0.717, 1.165) is 22.5 Å². The average Bonchev–Trinajstić information content (AvgIpc) is 3.26. The van der Waals surface area contributed by atoms with Crippen LogP contribution in [0.15, 0.2) is 24.4 Å². The minimum atomic E-state index is -0.617. The van der Waals surface area contributed by atoms with Crippen molar-refractivity contribution in [2.75, 3.05) is 5.32 Å². The van der Waals surface area contributed by atoms with Crippen molar-refractivity contribution < 1.29 is 19.1 Å². The van der Waals surface area contributed by atoms with Crippen LogP contribution < -0.4 is 10.6 Å². The summed E-state index contributed by atoms with van der Waals surface area (Å²) in [7, 11) is 0. The summed E-state index contributed by atoms with van der Waals surface area (Å²) in [6.45, 7) is 1.34. The Morgan fingerprint density at radius 1 is 1.18 bits per heavy atom. The molecule has 9 nitrogen and oxygen atoms in total. The van der Waals surface area contributed by atoms with Crippen molar-refractivity contribution in [2.45, 2.75) is 38.6 Å². The number of amides is 3. The lowest BCUT2D eigenvalue weighted by Crippen LogP contribution is -2.52. The number of imide groups is 1. The number of hydrogen-bond donors (Lipinski definition) is 2. The lowest BCUT2D eigenvalue weighted by atomic mass is 10.0. The van der Waals surface area contributed by atoms with Crippen LogP contribution in [0.4, 0.5) is 11.6 Å². The molecule has 0 aliphatic carbocycles. The van der Waals surface area contributed by atoms with Gasteiger partial charge in [-0.15, -0.1) is 0 Å². The van der Waals surface area contributed by atoms with Gasteiger partial charge in [-0.1, -0.05) is 0 Å². The van der Waals surface area contributed by atoms with Gasteiger partial charge in [-0.3, -0.25) is 19.7 Å². The highest BCUT2D eigenvalue weighted by Crippen LogP contribution is 2.30. The third-order valence-electron chi connectivity index (χ3n) is 5.23. The first kappa shape index (κ1) is 16.8. The van der Waals surface area contributed by atoms with Gasteiger partial charge >= 0.3 is 0 Å². The second kappa shape index (κ2) is 6.38. The van der Waals surface area contributed by atoms with Crippen LogP contribution >= 0.6 is 0 Å². The lowest BCUT2D eigenvalue weighted by Gasteiger charge is -2.29. The van der Waals surface area contributed by atoms with Crippen LogP contribution in [-0.4, -0.2) is 38.6 Å². The molecular formula is C19H17N5O4. The summed E-state index contributed by atoms with van der Waals surface area (Å²) in [4.78, 5) is 46.5. The zero-order chi connectivity index (χ0) is 19.3. The maximum absolute atomic E-state index is 12.7. The quantitative estimate of drug-likeness (QED) is 0.765. The molecule has 0 bridgehead atoms. The zero-order valence-electron chi connectivity index (χ0n) is 14.9. The summed E-state index contributed by atoms with van der Waals surface area (Å²) in [5.41, 5.74) is 4.01. The fourth-order valence-electron chi connectivity index (χ4n) is 3.79. The SMILES string of the molecule is O=C1CCC(N2Cc3cc(Nc4ncc5c(n4)COC5)ccc3C2=O)C(=O)N1. The molecule has 4 heterocycles. The number of piperidine rings is 1. The molecule has 0 spiro atoms. The van der Waals surface area contributed by atoms with Gasteiger partial charge in [0.1, 0.15) is 6.04 Å². The molecule has 1 saturated heterocycles. The van der Waals surface area contributed by atoms with E-state index in [2.05, 4.69) is 20.6 Å². The van der Waals surface area contributed by atoms with Gasteiger partial charge in [0.15, 0.2) is 0 Å². The maximum atomic E-state index is 12.7. The molecule has 5 rings (SSSR count). The van der Waals surface area contributed by atoms with Gasteiger partial charge in [-0.25, -0.2) is 9.97 Å². The molecule has 9 heteroatoms. The summed E-state index contributed by atoms with van der Waals surface area (Å²) in [6.07, 6.45) is 2.34. The van der Waals surface area contributed by atoms with Crippen LogP contribution in [0.5, 0.6) is 0 Å². The Morgan fingerprint density at radius 3 is 2.93 bits per heavy atom. The van der Waals surface area contributed by atoms with Crippen molar-refractivity contribution in [3.05, 3.63) is 46.8 Å². The van der Waals surface area contributed by atoms with Crippen molar-refractivity contribution in [1.29, 1.82) is 0 Å². The number of hydrogen-bond acceptors (Lipinski definition) is 7. The fraction of sp³-hybridized carbons (Fsp3) is 0.316. The van der Waals surface area contributed by atoms with Crippen LogP contribution in [0.1, 0.15) is 40.0 Å². The van der Waals surface area contributed by atoms with Gasteiger partial charge in [-0.05, 0) is 30.2 Å². The molecule has 0 saturated carbocycles. The maximum Gasteiger partial charge on any atom is 0.255 e. The average molecular weight is 379 g/mol. The van der Waals surface area contributed by atoms with Gasteiger partial charge in [-0.2, -0.15) is 0 Å². The molecule has 1 unspecified atom stereocenters. The van der Waals surface area contributed by atoms with Crippen molar-refractivity contribution in [3.8, 4) is 0 Å². The normalized spacial score (nSPS) is 20.8. The number of carbonyl (C=O) groups excluding carboxylic acids is 3. The molecule has 1 aromatic carbocycles. The molecule has 3 aliphatic rings. The number of aromatic nitrogens is 2. The standard InChI is InChI=1S/C19H17N5O4/c25-16-4-3-15(17(26)23-16)24-7-10-5-12(1-2-13(10)18(24)27)21-19-20-6-11-8-28-9-14(11)22-19/h1-2,5-6,15H,3-4,7-9H2,(H,20,21,22)(H,23,25,26). The Hall–Kier alpha value is -3.33. The summed E-state index contributed by atoms with van der Waals surface area (Å²) in [5.74, 6) is -0.432. The highest BCUT2D eigenvalue weighted by Gasteiger charge is 2.39. The molecule has 1 atom stereocenters. The third kappa shape index (κ3) is 2.80. The van der Waals surface area contributed by atoms with E-state index in [1.54, 1.807) is 18.3 Å². The molecule has 2 N–H and O–H groups in total. The van der Waals surface area contributed by atoms with E-state index in [1.807, 2.05) is 6.07 Å². The second-order valence-electron chi connectivity index (χ2n) is 7.06. The number of nitrogens with zero attached hydrogens (tertiary/aromatic N) is 3. The van der Waals surface area contributed by atoms with E-state index in [0.29, 0.717) is 37.7 Å². The van der Waals surface area contributed by atoms with Gasteiger partial charge in [0.05, 0.1) is 18.9 Å². The number of nitrogens with one attached hydrogen (secondary N) is 2. The van der Waals surface area contributed by atoms with Gasteiger partial charge in [0.2, 0.25) is 17.8 Å². The van der Waals surface area contributed by atoms with Crippen LogP contribution in [0, 0.1) is 0 Å². The third-order valence-corrected chi connectivity index (χ3v) is 5.23. The number of ether oxygens (including phenoxy) is 1. The number of anilines is 2. The van der Waals surface area contributed by atoms with Gasteiger partial charge in [0, 0.05) is 36.0 Å². The Bertz CT molecular complexity index is 1020. The molecule has 142 valence electrons. The van der Waals surface area contributed by atoms with Crippen LogP contribution in [-0.2, 0) is 34.1 Å². The molecule has 3 aliphatic heterocycles. The van der Waals surface area contributed by atoms with Gasteiger partial charge in [0.25, 0.3) is 5.91 Å². The Morgan fingerprint density at radius 2 is 2.07 bits per heavy atom. The largest absolute Gasteiger partial charge is 0.370 e. The van der Waals surface area contributed by atoms with E-state index in [1.165, 1.54) is 4.90 Å². The topological polar surface area (TPSA) is 114 Å². The highest BCUT2D eigenvalue weighted by molar-refractivity contribution is 6.05. The Balaban J connectivity index is 1.35. The minimum Gasteiger partial charge on any atom is -0.370 e. The predicted molar refractivity (Wildman–Crippen MR) is 96.3 cm³/mol. The molecule has 3 amide bonds. The first-order valence-corrected chi connectivity index (χ1v) is 9.05. The summed E-state index contributed by atoms with van der Waals surface area (Å²) < 4.78 is 5.35. The molecule has 1 aromatic heterocycles. The van der Waals surface area contributed by atoms with E-state index >= 15 is 0 Å². The first-order chi connectivity index (χ1) is 13.6. The smallest absolute Gasteiger partial charge is 0.255 e. The monoisotopic (exact) mass is 379 g/mol. The number of carbonyl (C=O) groups is 3. The lowest BCUT2D eigenvalue weighted by molar-refractivity contribution is -0.136. The number of fused-ring (bicyclic) bond motifs is 2. The van der Waals surface area contributed by atoms with Crippen molar-refractivity contribution in [3.63, 3.8) is 0 Å². The first-order valence-electron chi connectivity index (χ1n) is 9.05. The highest BCUT2D eigenvalue weighted by atomic mass is 16.5. The Kier molecular flexibility index (Phi) is 3.83. The minimum absolute atomic E-state index is 0.193. The molecule has 0 radical (unpaired) electrons. The fourth-order valence-corrected chi connectivity index (χ4v) is 3.79. The van der Waals surface area contributed by atoms with Crippen molar-refractivity contribution in [1.82, 2.24) is 20.2 Å². The molecular weight excluding hydrogens is 362 g/mol. The molecule has 2 aromatic rings. The van der Waals surface area contributed by atoms with E-state index in [9.17, 15) is 14.4 Å².